The number of carbonyl (C=O) groups is 3. The van der Waals surface area contributed by atoms with Crippen molar-refractivity contribution >= 4 is 35.3 Å². The van der Waals surface area contributed by atoms with Crippen LogP contribution in [-0.4, -0.2) is 42.1 Å². The molecule has 0 spiro atoms. The second-order valence-corrected chi connectivity index (χ2v) is 8.76. The standard InChI is InChI=1S/C27H22N4O4/c1-35-19-13-11-18(12-14-19)30-26(33)21-22(27(30)34)24(25(32)29-17-8-3-2-4-9-17)31-23(21)20-10-6-5-7-16(20)15-28-31/h2-15,21-24H,1H3,(H,29,32)/t21-,22+,23-,24+/m0/s1. The highest BCUT2D eigenvalue weighted by Gasteiger charge is 2.65. The highest BCUT2D eigenvalue weighted by atomic mass is 16.5. The molecule has 2 fully saturated rings. The number of nitrogens with one attached hydrogen (secondary N) is 1. The van der Waals surface area contributed by atoms with E-state index in [2.05, 4.69) is 10.4 Å². The lowest BCUT2D eigenvalue weighted by atomic mass is 9.85. The van der Waals surface area contributed by atoms with Gasteiger partial charge in [-0.15, -0.1) is 0 Å². The predicted molar refractivity (Wildman–Crippen MR) is 130 cm³/mol. The summed E-state index contributed by atoms with van der Waals surface area (Å²) in [6, 6.07) is 22.0. The third-order valence-corrected chi connectivity index (χ3v) is 6.93. The summed E-state index contributed by atoms with van der Waals surface area (Å²) in [5.41, 5.74) is 2.82. The number of nitrogens with zero attached hydrogens (tertiary/aromatic N) is 3. The lowest BCUT2D eigenvalue weighted by Gasteiger charge is -2.33. The van der Waals surface area contributed by atoms with E-state index in [9.17, 15) is 14.4 Å². The van der Waals surface area contributed by atoms with Gasteiger partial charge in [-0.05, 0) is 47.5 Å². The maximum atomic E-state index is 13.8. The number of imide groups is 1. The molecule has 0 bridgehead atoms. The van der Waals surface area contributed by atoms with Crippen LogP contribution in [-0.2, 0) is 14.4 Å². The first kappa shape index (κ1) is 21.1. The summed E-state index contributed by atoms with van der Waals surface area (Å²) in [5.74, 6) is -2.10. The van der Waals surface area contributed by atoms with Gasteiger partial charge in [-0.25, -0.2) is 4.90 Å². The Balaban J connectivity index is 1.43. The molecular weight excluding hydrogens is 444 g/mol. The Hall–Kier alpha value is -4.46. The molecule has 2 saturated heterocycles. The summed E-state index contributed by atoms with van der Waals surface area (Å²) < 4.78 is 5.21. The molecule has 8 nitrogen and oxygen atoms in total. The van der Waals surface area contributed by atoms with Gasteiger partial charge in [-0.1, -0.05) is 42.5 Å². The first-order valence-electron chi connectivity index (χ1n) is 11.4. The van der Waals surface area contributed by atoms with Crippen LogP contribution < -0.4 is 15.0 Å². The minimum Gasteiger partial charge on any atom is -0.497 e. The van der Waals surface area contributed by atoms with Gasteiger partial charge >= 0.3 is 0 Å². The van der Waals surface area contributed by atoms with Gasteiger partial charge in [0.15, 0.2) is 0 Å². The normalized spacial score (nSPS) is 24.1. The van der Waals surface area contributed by atoms with E-state index < -0.39 is 29.8 Å². The molecule has 3 aliphatic heterocycles. The van der Waals surface area contributed by atoms with Gasteiger partial charge < -0.3 is 10.1 Å². The maximum Gasteiger partial charge on any atom is 0.249 e. The van der Waals surface area contributed by atoms with Crippen molar-refractivity contribution in [3.8, 4) is 5.75 Å². The number of benzene rings is 3. The first-order valence-corrected chi connectivity index (χ1v) is 11.4. The third kappa shape index (κ3) is 3.21. The highest BCUT2D eigenvalue weighted by molar-refractivity contribution is 6.24. The zero-order valence-electron chi connectivity index (χ0n) is 18.9. The van der Waals surface area contributed by atoms with Gasteiger partial charge in [0.1, 0.15) is 11.8 Å². The number of anilines is 2. The number of hydrogen-bond acceptors (Lipinski definition) is 6. The summed E-state index contributed by atoms with van der Waals surface area (Å²) in [6.07, 6.45) is 1.69. The minimum atomic E-state index is -0.936. The molecule has 35 heavy (non-hydrogen) atoms. The SMILES string of the molecule is COc1ccc(N2C(=O)[C@@H]3[C@H](C2=O)[C@@H]2c4ccccc4C=NN2[C@H]3C(=O)Nc2ccccc2)cc1. The molecule has 8 heteroatoms. The van der Waals surface area contributed by atoms with Crippen LogP contribution in [0.1, 0.15) is 17.2 Å². The molecule has 1 N–H and O–H groups in total. The second-order valence-electron chi connectivity index (χ2n) is 8.76. The van der Waals surface area contributed by atoms with E-state index in [4.69, 9.17) is 4.74 Å². The Bertz CT molecular complexity index is 1360. The average Bonchev–Trinajstić information content (AvgIpc) is 3.37. The zero-order valence-corrected chi connectivity index (χ0v) is 18.9. The fraction of sp³-hybridized carbons (Fsp3) is 0.185. The number of carbonyl (C=O) groups excluding carboxylic acids is 3. The smallest absolute Gasteiger partial charge is 0.249 e. The van der Waals surface area contributed by atoms with Crippen molar-refractivity contribution in [2.75, 3.05) is 17.3 Å². The molecule has 0 unspecified atom stereocenters. The molecule has 3 amide bonds. The summed E-state index contributed by atoms with van der Waals surface area (Å²) in [5, 5.41) is 9.10. The van der Waals surface area contributed by atoms with Crippen molar-refractivity contribution < 1.29 is 19.1 Å². The van der Waals surface area contributed by atoms with Crippen molar-refractivity contribution in [1.29, 1.82) is 0 Å². The van der Waals surface area contributed by atoms with Gasteiger partial charge in [-0.2, -0.15) is 5.10 Å². The molecule has 3 aliphatic rings. The number of ether oxygens (including phenoxy) is 1. The van der Waals surface area contributed by atoms with Crippen molar-refractivity contribution in [3.05, 3.63) is 90.0 Å². The lowest BCUT2D eigenvalue weighted by molar-refractivity contribution is -0.129. The molecule has 6 rings (SSSR count). The summed E-state index contributed by atoms with van der Waals surface area (Å²) in [6.45, 7) is 0. The van der Waals surface area contributed by atoms with Crippen LogP contribution in [0.5, 0.6) is 5.75 Å². The van der Waals surface area contributed by atoms with E-state index in [-0.39, 0.29) is 11.8 Å². The summed E-state index contributed by atoms with van der Waals surface area (Å²) in [7, 11) is 1.55. The first-order chi connectivity index (χ1) is 17.1. The van der Waals surface area contributed by atoms with Crippen LogP contribution in [0.15, 0.2) is 84.0 Å². The Labute approximate surface area is 201 Å². The van der Waals surface area contributed by atoms with Crippen LogP contribution >= 0.6 is 0 Å². The minimum absolute atomic E-state index is 0.331. The van der Waals surface area contributed by atoms with Gasteiger partial charge in [0.2, 0.25) is 17.7 Å². The van der Waals surface area contributed by atoms with Crippen molar-refractivity contribution in [3.63, 3.8) is 0 Å². The predicted octanol–water partition coefficient (Wildman–Crippen LogP) is 3.21. The topological polar surface area (TPSA) is 91.3 Å². The van der Waals surface area contributed by atoms with Crippen molar-refractivity contribution in [2.24, 2.45) is 16.9 Å². The fourth-order valence-corrected chi connectivity index (χ4v) is 5.39. The van der Waals surface area contributed by atoms with Crippen molar-refractivity contribution in [2.45, 2.75) is 12.1 Å². The quantitative estimate of drug-likeness (QED) is 0.597. The molecule has 3 aromatic rings. The maximum absolute atomic E-state index is 13.8. The Kier molecular flexibility index (Phi) is 4.88. The van der Waals surface area contributed by atoms with E-state index in [1.165, 1.54) is 4.90 Å². The van der Waals surface area contributed by atoms with Gasteiger partial charge in [0.25, 0.3) is 0 Å². The average molecular weight is 466 g/mol. The zero-order chi connectivity index (χ0) is 24.1. The van der Waals surface area contributed by atoms with Crippen LogP contribution in [0.2, 0.25) is 0 Å². The van der Waals surface area contributed by atoms with Crippen LogP contribution in [0.3, 0.4) is 0 Å². The largest absolute Gasteiger partial charge is 0.497 e. The fourth-order valence-electron chi connectivity index (χ4n) is 5.39. The molecule has 0 saturated carbocycles. The molecule has 174 valence electrons. The third-order valence-electron chi connectivity index (χ3n) is 6.93. The number of methoxy groups -OCH3 is 1. The summed E-state index contributed by atoms with van der Waals surface area (Å²) in [4.78, 5) is 42.4. The Morgan fingerprint density at radius 3 is 2.31 bits per heavy atom. The number of hydrazone groups is 1. The molecule has 3 heterocycles. The van der Waals surface area contributed by atoms with E-state index in [1.54, 1.807) is 54.7 Å². The van der Waals surface area contributed by atoms with Crippen LogP contribution in [0, 0.1) is 11.8 Å². The van der Waals surface area contributed by atoms with Gasteiger partial charge in [-0.3, -0.25) is 19.4 Å². The number of amides is 3. The second kappa shape index (κ2) is 8.09. The number of hydrogen-bond donors (Lipinski definition) is 1. The highest BCUT2D eigenvalue weighted by Crippen LogP contribution is 2.52. The monoisotopic (exact) mass is 466 g/mol. The van der Waals surface area contributed by atoms with Gasteiger partial charge in [0.05, 0.1) is 36.9 Å². The van der Waals surface area contributed by atoms with Gasteiger partial charge in [0, 0.05) is 5.69 Å². The molecule has 4 atom stereocenters. The van der Waals surface area contributed by atoms with Crippen molar-refractivity contribution in [1.82, 2.24) is 5.01 Å². The molecular formula is C27H22N4O4. The van der Waals surface area contributed by atoms with E-state index >= 15 is 0 Å². The number of fused-ring (bicyclic) bond motifs is 5. The lowest BCUT2D eigenvalue weighted by Crippen LogP contribution is -2.46. The number of rotatable bonds is 4. The molecule has 0 aliphatic carbocycles. The Morgan fingerprint density at radius 2 is 1.57 bits per heavy atom. The van der Waals surface area contributed by atoms with E-state index in [0.29, 0.717) is 17.1 Å². The summed E-state index contributed by atoms with van der Waals surface area (Å²) >= 11 is 0. The van der Waals surface area contributed by atoms with Crippen LogP contribution in [0.25, 0.3) is 0 Å². The van der Waals surface area contributed by atoms with E-state index in [0.717, 1.165) is 11.1 Å². The van der Waals surface area contributed by atoms with Crippen LogP contribution in [0.4, 0.5) is 11.4 Å². The molecule has 0 radical (unpaired) electrons. The Morgan fingerprint density at radius 1 is 0.886 bits per heavy atom. The number of para-hydroxylation sites is 1. The molecule has 3 aromatic carbocycles. The van der Waals surface area contributed by atoms with E-state index in [1.807, 2.05) is 42.5 Å². The molecule has 0 aromatic heterocycles.